The Balaban J connectivity index is 1.84. The van der Waals surface area contributed by atoms with Crippen molar-refractivity contribution in [3.05, 3.63) is 34.6 Å². The average Bonchev–Trinajstić information content (AvgIpc) is 2.33. The minimum Gasteiger partial charge on any atom is -0.389 e. The molecular weight excluding hydrogens is 253 g/mol. The average molecular weight is 272 g/mol. The van der Waals surface area contributed by atoms with Gasteiger partial charge in [0.1, 0.15) is 5.82 Å². The quantitative estimate of drug-likeness (QED) is 0.881. The van der Waals surface area contributed by atoms with Gasteiger partial charge in [-0.2, -0.15) is 0 Å². The fourth-order valence-electron chi connectivity index (χ4n) is 2.48. The van der Waals surface area contributed by atoms with Gasteiger partial charge in [0.25, 0.3) is 0 Å². The number of halogens is 2. The van der Waals surface area contributed by atoms with Gasteiger partial charge in [-0.05, 0) is 30.5 Å². The Bertz CT molecular complexity index is 405. The summed E-state index contributed by atoms with van der Waals surface area (Å²) < 4.78 is 12.9. The van der Waals surface area contributed by atoms with E-state index < -0.39 is 5.60 Å². The number of hydrogen-bond acceptors (Lipinski definition) is 2. The molecule has 0 saturated heterocycles. The van der Waals surface area contributed by atoms with Gasteiger partial charge in [0.2, 0.25) is 0 Å². The zero-order valence-corrected chi connectivity index (χ0v) is 11.1. The molecule has 1 aliphatic carbocycles. The maximum absolute atomic E-state index is 12.9. The SMILES string of the molecule is OC1(CNCc2ccc(F)cc2Cl)CCCCC1. The highest BCUT2D eigenvalue weighted by Crippen LogP contribution is 2.27. The van der Waals surface area contributed by atoms with Crippen molar-refractivity contribution in [2.75, 3.05) is 6.54 Å². The van der Waals surface area contributed by atoms with Crippen molar-refractivity contribution >= 4 is 11.6 Å². The summed E-state index contributed by atoms with van der Waals surface area (Å²) in [5.41, 5.74) is 0.280. The third-order valence-electron chi connectivity index (χ3n) is 3.57. The predicted molar refractivity (Wildman–Crippen MR) is 71.2 cm³/mol. The van der Waals surface area contributed by atoms with Crippen LogP contribution in [0, 0.1) is 5.82 Å². The fraction of sp³-hybridized carbons (Fsp3) is 0.571. The lowest BCUT2D eigenvalue weighted by molar-refractivity contribution is 0.00467. The van der Waals surface area contributed by atoms with E-state index in [1.54, 1.807) is 6.07 Å². The molecule has 100 valence electrons. The summed E-state index contributed by atoms with van der Waals surface area (Å²) in [6.07, 6.45) is 5.12. The molecule has 0 spiro atoms. The van der Waals surface area contributed by atoms with Crippen LogP contribution in [0.3, 0.4) is 0 Å². The molecule has 0 aliphatic heterocycles. The van der Waals surface area contributed by atoms with Crippen molar-refractivity contribution in [2.45, 2.75) is 44.2 Å². The van der Waals surface area contributed by atoms with Gasteiger partial charge in [0, 0.05) is 18.1 Å². The highest BCUT2D eigenvalue weighted by molar-refractivity contribution is 6.31. The molecule has 2 nitrogen and oxygen atoms in total. The highest BCUT2D eigenvalue weighted by Gasteiger charge is 2.28. The molecular formula is C14H19ClFNO. The van der Waals surface area contributed by atoms with Crippen LogP contribution >= 0.6 is 11.6 Å². The van der Waals surface area contributed by atoms with E-state index in [0.29, 0.717) is 18.1 Å². The van der Waals surface area contributed by atoms with Crippen LogP contribution in [-0.2, 0) is 6.54 Å². The van der Waals surface area contributed by atoms with Crippen LogP contribution in [0.25, 0.3) is 0 Å². The molecule has 4 heteroatoms. The Morgan fingerprint density at radius 3 is 2.67 bits per heavy atom. The van der Waals surface area contributed by atoms with Crippen LogP contribution in [-0.4, -0.2) is 17.3 Å². The van der Waals surface area contributed by atoms with Crippen molar-refractivity contribution < 1.29 is 9.50 Å². The van der Waals surface area contributed by atoms with E-state index in [9.17, 15) is 9.50 Å². The lowest BCUT2D eigenvalue weighted by Gasteiger charge is -2.32. The molecule has 2 N–H and O–H groups in total. The van der Waals surface area contributed by atoms with Gasteiger partial charge in [-0.25, -0.2) is 4.39 Å². The topological polar surface area (TPSA) is 32.3 Å². The van der Waals surface area contributed by atoms with Crippen molar-refractivity contribution in [1.82, 2.24) is 5.32 Å². The number of benzene rings is 1. The largest absolute Gasteiger partial charge is 0.389 e. The van der Waals surface area contributed by atoms with Crippen molar-refractivity contribution in [2.24, 2.45) is 0 Å². The Hall–Kier alpha value is -0.640. The molecule has 0 amide bonds. The first-order chi connectivity index (χ1) is 8.59. The van der Waals surface area contributed by atoms with Gasteiger partial charge in [-0.1, -0.05) is 36.9 Å². The predicted octanol–water partition coefficient (Wildman–Crippen LogP) is 3.26. The molecule has 0 atom stereocenters. The second-order valence-corrected chi connectivity index (χ2v) is 5.53. The zero-order chi connectivity index (χ0) is 13.0. The van der Waals surface area contributed by atoms with E-state index in [4.69, 9.17) is 11.6 Å². The number of aliphatic hydroxyl groups is 1. The van der Waals surface area contributed by atoms with E-state index >= 15 is 0 Å². The highest BCUT2D eigenvalue weighted by atomic mass is 35.5. The zero-order valence-electron chi connectivity index (χ0n) is 10.4. The van der Waals surface area contributed by atoms with Crippen LogP contribution in [0.1, 0.15) is 37.7 Å². The molecule has 0 unspecified atom stereocenters. The second-order valence-electron chi connectivity index (χ2n) is 5.12. The first kappa shape index (κ1) is 13.8. The third-order valence-corrected chi connectivity index (χ3v) is 3.92. The Labute approximate surface area is 112 Å². The third kappa shape index (κ3) is 3.67. The van der Waals surface area contributed by atoms with Gasteiger partial charge < -0.3 is 10.4 Å². The van der Waals surface area contributed by atoms with Gasteiger partial charge in [-0.3, -0.25) is 0 Å². The maximum Gasteiger partial charge on any atom is 0.124 e. The molecule has 1 saturated carbocycles. The van der Waals surface area contributed by atoms with E-state index in [1.165, 1.54) is 18.6 Å². The summed E-state index contributed by atoms with van der Waals surface area (Å²) in [7, 11) is 0. The van der Waals surface area contributed by atoms with E-state index in [1.807, 2.05) is 0 Å². The molecule has 18 heavy (non-hydrogen) atoms. The number of hydrogen-bond donors (Lipinski definition) is 2. The summed E-state index contributed by atoms with van der Waals surface area (Å²) in [6.45, 7) is 1.13. The lowest BCUT2D eigenvalue weighted by Crippen LogP contribution is -2.41. The molecule has 2 rings (SSSR count). The van der Waals surface area contributed by atoms with Crippen LogP contribution in [0.4, 0.5) is 4.39 Å². The van der Waals surface area contributed by atoms with Gasteiger partial charge >= 0.3 is 0 Å². The maximum atomic E-state index is 12.9. The fourth-order valence-corrected chi connectivity index (χ4v) is 2.72. The van der Waals surface area contributed by atoms with Crippen molar-refractivity contribution in [1.29, 1.82) is 0 Å². The summed E-state index contributed by atoms with van der Waals surface area (Å²) in [4.78, 5) is 0. The Morgan fingerprint density at radius 1 is 1.28 bits per heavy atom. The van der Waals surface area contributed by atoms with E-state index in [-0.39, 0.29) is 5.82 Å². The number of nitrogens with one attached hydrogen (secondary N) is 1. The van der Waals surface area contributed by atoms with Crippen LogP contribution in [0.5, 0.6) is 0 Å². The van der Waals surface area contributed by atoms with Crippen molar-refractivity contribution in [3.63, 3.8) is 0 Å². The Morgan fingerprint density at radius 2 is 2.00 bits per heavy atom. The monoisotopic (exact) mass is 271 g/mol. The molecule has 0 radical (unpaired) electrons. The van der Waals surface area contributed by atoms with Gasteiger partial charge in [0.15, 0.2) is 0 Å². The van der Waals surface area contributed by atoms with E-state index in [0.717, 1.165) is 31.2 Å². The van der Waals surface area contributed by atoms with Gasteiger partial charge in [0.05, 0.1) is 5.60 Å². The molecule has 0 bridgehead atoms. The second kappa shape index (κ2) is 6.00. The first-order valence-electron chi connectivity index (χ1n) is 6.46. The molecule has 1 aromatic carbocycles. The van der Waals surface area contributed by atoms with Crippen LogP contribution < -0.4 is 5.32 Å². The molecule has 0 heterocycles. The Kier molecular flexibility index (Phi) is 4.60. The molecule has 1 aliphatic rings. The van der Waals surface area contributed by atoms with Crippen LogP contribution in [0.2, 0.25) is 5.02 Å². The first-order valence-corrected chi connectivity index (χ1v) is 6.84. The van der Waals surface area contributed by atoms with Crippen LogP contribution in [0.15, 0.2) is 18.2 Å². The number of rotatable bonds is 4. The van der Waals surface area contributed by atoms with E-state index in [2.05, 4.69) is 5.32 Å². The van der Waals surface area contributed by atoms with Gasteiger partial charge in [-0.15, -0.1) is 0 Å². The summed E-state index contributed by atoms with van der Waals surface area (Å²) in [5, 5.41) is 14.0. The molecule has 1 aromatic rings. The minimum atomic E-state index is -0.579. The molecule has 1 fully saturated rings. The van der Waals surface area contributed by atoms with Crippen molar-refractivity contribution in [3.8, 4) is 0 Å². The summed E-state index contributed by atoms with van der Waals surface area (Å²) in [6, 6.07) is 4.39. The smallest absolute Gasteiger partial charge is 0.124 e. The molecule has 0 aromatic heterocycles. The lowest BCUT2D eigenvalue weighted by atomic mass is 9.85. The standard InChI is InChI=1S/C14H19ClFNO/c15-13-8-12(16)5-4-11(13)9-17-10-14(18)6-2-1-3-7-14/h4-5,8,17-18H,1-3,6-7,9-10H2. The normalized spacial score (nSPS) is 18.8. The minimum absolute atomic E-state index is 0.324. The summed E-state index contributed by atoms with van der Waals surface area (Å²) >= 11 is 5.94. The summed E-state index contributed by atoms with van der Waals surface area (Å²) in [5.74, 6) is -0.324.